The van der Waals surface area contributed by atoms with Crippen LogP contribution in [0.15, 0.2) is 42.5 Å². The number of carbonyl (C=O) groups is 1. The number of carbonyl (C=O) groups excluding carboxylic acids is 1. The number of nitrogens with one attached hydrogen (secondary N) is 1. The standard InChI is InChI=1S/C25H34ClN3O3/c1-18(21-7-5-6-8-22(21)26)28-13-15-29(16-14-28)19(2)25(30)27-12-11-20-9-10-23(31-3)24(17-20)32-4/h5-10,17-19H,11-16H2,1-4H3,(H,27,30). The van der Waals surface area contributed by atoms with Gasteiger partial charge in [0.15, 0.2) is 11.5 Å². The molecule has 7 heteroatoms. The predicted octanol–water partition coefficient (Wildman–Crippen LogP) is 3.78. The number of piperazine rings is 1. The fourth-order valence-corrected chi connectivity index (χ4v) is 4.50. The van der Waals surface area contributed by atoms with Crippen molar-refractivity contribution < 1.29 is 14.3 Å². The SMILES string of the molecule is COc1ccc(CCNC(=O)C(C)N2CCN(C(C)c3ccccc3Cl)CC2)cc1OC. The molecule has 3 rings (SSSR count). The normalized spacial score (nSPS) is 16.9. The number of methoxy groups -OCH3 is 2. The molecule has 1 amide bonds. The lowest BCUT2D eigenvalue weighted by atomic mass is 10.1. The first-order chi connectivity index (χ1) is 15.4. The van der Waals surface area contributed by atoms with Crippen LogP contribution in [-0.4, -0.2) is 68.7 Å². The van der Waals surface area contributed by atoms with Gasteiger partial charge in [-0.3, -0.25) is 14.6 Å². The van der Waals surface area contributed by atoms with E-state index in [1.165, 1.54) is 0 Å². The first kappa shape index (κ1) is 24.4. The van der Waals surface area contributed by atoms with Crippen molar-refractivity contribution in [2.45, 2.75) is 32.4 Å². The van der Waals surface area contributed by atoms with Crippen molar-refractivity contribution in [2.24, 2.45) is 0 Å². The van der Waals surface area contributed by atoms with E-state index in [1.807, 2.05) is 43.3 Å². The molecule has 1 aliphatic heterocycles. The van der Waals surface area contributed by atoms with E-state index in [4.69, 9.17) is 21.1 Å². The Morgan fingerprint density at radius 3 is 2.31 bits per heavy atom. The van der Waals surface area contributed by atoms with Gasteiger partial charge in [0.05, 0.1) is 20.3 Å². The van der Waals surface area contributed by atoms with Crippen molar-refractivity contribution in [1.82, 2.24) is 15.1 Å². The molecule has 2 aromatic rings. The number of nitrogens with zero attached hydrogens (tertiary/aromatic N) is 2. The van der Waals surface area contributed by atoms with E-state index in [9.17, 15) is 4.79 Å². The number of hydrogen-bond donors (Lipinski definition) is 1. The molecule has 2 unspecified atom stereocenters. The average Bonchev–Trinajstić information content (AvgIpc) is 2.83. The van der Waals surface area contributed by atoms with Crippen molar-refractivity contribution in [3.8, 4) is 11.5 Å². The lowest BCUT2D eigenvalue weighted by Gasteiger charge is -2.40. The largest absolute Gasteiger partial charge is 0.493 e. The van der Waals surface area contributed by atoms with Crippen LogP contribution in [-0.2, 0) is 11.2 Å². The van der Waals surface area contributed by atoms with Crippen LogP contribution in [0, 0.1) is 0 Å². The molecule has 2 atom stereocenters. The van der Waals surface area contributed by atoms with Crippen LogP contribution in [0.25, 0.3) is 0 Å². The average molecular weight is 460 g/mol. The van der Waals surface area contributed by atoms with E-state index in [-0.39, 0.29) is 18.0 Å². The van der Waals surface area contributed by atoms with Gasteiger partial charge in [-0.2, -0.15) is 0 Å². The minimum absolute atomic E-state index is 0.0677. The second-order valence-corrected chi connectivity index (χ2v) is 8.58. The van der Waals surface area contributed by atoms with Crippen LogP contribution < -0.4 is 14.8 Å². The summed E-state index contributed by atoms with van der Waals surface area (Å²) in [6, 6.07) is 14.0. The predicted molar refractivity (Wildman–Crippen MR) is 129 cm³/mol. The maximum Gasteiger partial charge on any atom is 0.237 e. The molecule has 32 heavy (non-hydrogen) atoms. The molecule has 0 aromatic heterocycles. The van der Waals surface area contributed by atoms with Crippen molar-refractivity contribution in [1.29, 1.82) is 0 Å². The second-order valence-electron chi connectivity index (χ2n) is 8.18. The van der Waals surface area contributed by atoms with Crippen LogP contribution in [0.2, 0.25) is 5.02 Å². The van der Waals surface area contributed by atoms with E-state index < -0.39 is 0 Å². The van der Waals surface area contributed by atoms with Gasteiger partial charge in [0.1, 0.15) is 0 Å². The smallest absolute Gasteiger partial charge is 0.237 e. The fourth-order valence-electron chi connectivity index (χ4n) is 4.20. The summed E-state index contributed by atoms with van der Waals surface area (Å²) in [5.74, 6) is 1.48. The van der Waals surface area contributed by atoms with Gasteiger partial charge in [-0.25, -0.2) is 0 Å². The van der Waals surface area contributed by atoms with Crippen molar-refractivity contribution in [3.05, 3.63) is 58.6 Å². The zero-order valence-electron chi connectivity index (χ0n) is 19.4. The topological polar surface area (TPSA) is 54.0 Å². The second kappa shape index (κ2) is 11.5. The van der Waals surface area contributed by atoms with Gasteiger partial charge in [0.25, 0.3) is 0 Å². The summed E-state index contributed by atoms with van der Waals surface area (Å²) in [5.41, 5.74) is 2.25. The molecule has 1 heterocycles. The molecule has 2 aromatic carbocycles. The lowest BCUT2D eigenvalue weighted by molar-refractivity contribution is -0.126. The zero-order valence-corrected chi connectivity index (χ0v) is 20.2. The maximum absolute atomic E-state index is 12.7. The van der Waals surface area contributed by atoms with Gasteiger partial charge >= 0.3 is 0 Å². The zero-order chi connectivity index (χ0) is 23.1. The Labute approximate surface area is 196 Å². The summed E-state index contributed by atoms with van der Waals surface area (Å²) >= 11 is 6.38. The number of rotatable bonds is 9. The van der Waals surface area contributed by atoms with Gasteiger partial charge in [-0.05, 0) is 49.6 Å². The van der Waals surface area contributed by atoms with Crippen LogP contribution >= 0.6 is 11.6 Å². The minimum Gasteiger partial charge on any atom is -0.493 e. The number of halogens is 1. The molecular weight excluding hydrogens is 426 g/mol. The Hall–Kier alpha value is -2.28. The molecule has 0 bridgehead atoms. The van der Waals surface area contributed by atoms with E-state index in [0.717, 1.165) is 48.7 Å². The summed E-state index contributed by atoms with van der Waals surface area (Å²) in [7, 11) is 3.25. The molecule has 1 N–H and O–H groups in total. The molecule has 1 saturated heterocycles. The molecule has 0 radical (unpaired) electrons. The third-order valence-electron chi connectivity index (χ3n) is 6.34. The molecule has 0 aliphatic carbocycles. The van der Waals surface area contributed by atoms with Crippen molar-refractivity contribution in [3.63, 3.8) is 0 Å². The minimum atomic E-state index is -0.154. The number of benzene rings is 2. The van der Waals surface area contributed by atoms with Crippen molar-refractivity contribution in [2.75, 3.05) is 46.9 Å². The first-order valence-electron chi connectivity index (χ1n) is 11.2. The highest BCUT2D eigenvalue weighted by molar-refractivity contribution is 6.31. The lowest BCUT2D eigenvalue weighted by Crippen LogP contribution is -2.54. The van der Waals surface area contributed by atoms with Crippen LogP contribution in [0.3, 0.4) is 0 Å². The monoisotopic (exact) mass is 459 g/mol. The van der Waals surface area contributed by atoms with Crippen LogP contribution in [0.4, 0.5) is 0 Å². The summed E-state index contributed by atoms with van der Waals surface area (Å²) in [5, 5.41) is 3.89. The van der Waals surface area contributed by atoms with E-state index in [1.54, 1.807) is 14.2 Å². The summed E-state index contributed by atoms with van der Waals surface area (Å²) in [6.45, 7) is 8.31. The van der Waals surface area contributed by atoms with Gasteiger partial charge in [0, 0.05) is 43.8 Å². The van der Waals surface area contributed by atoms with Gasteiger partial charge in [0.2, 0.25) is 5.91 Å². The third kappa shape index (κ3) is 5.94. The number of hydrogen-bond acceptors (Lipinski definition) is 5. The Kier molecular flexibility index (Phi) is 8.79. The molecule has 1 aliphatic rings. The van der Waals surface area contributed by atoms with Gasteiger partial charge in [-0.1, -0.05) is 35.9 Å². The maximum atomic E-state index is 12.7. The van der Waals surface area contributed by atoms with Gasteiger partial charge < -0.3 is 14.8 Å². The highest BCUT2D eigenvalue weighted by Crippen LogP contribution is 2.29. The molecule has 6 nitrogen and oxygen atoms in total. The molecular formula is C25H34ClN3O3. The molecule has 174 valence electrons. The summed E-state index contributed by atoms with van der Waals surface area (Å²) < 4.78 is 10.6. The Bertz CT molecular complexity index is 900. The molecule has 1 fully saturated rings. The summed E-state index contributed by atoms with van der Waals surface area (Å²) in [6.07, 6.45) is 0.738. The van der Waals surface area contributed by atoms with E-state index >= 15 is 0 Å². The first-order valence-corrected chi connectivity index (χ1v) is 11.5. The number of amides is 1. The van der Waals surface area contributed by atoms with Crippen LogP contribution in [0.5, 0.6) is 11.5 Å². The quantitative estimate of drug-likeness (QED) is 0.618. The van der Waals surface area contributed by atoms with Gasteiger partial charge in [-0.15, -0.1) is 0 Å². The Morgan fingerprint density at radius 2 is 1.66 bits per heavy atom. The van der Waals surface area contributed by atoms with E-state index in [0.29, 0.717) is 18.0 Å². The molecule has 0 saturated carbocycles. The third-order valence-corrected chi connectivity index (χ3v) is 6.68. The molecule has 0 spiro atoms. The Morgan fingerprint density at radius 1 is 1.00 bits per heavy atom. The van der Waals surface area contributed by atoms with E-state index in [2.05, 4.69) is 28.1 Å². The van der Waals surface area contributed by atoms with Crippen LogP contribution in [0.1, 0.15) is 31.0 Å². The summed E-state index contributed by atoms with van der Waals surface area (Å²) in [4.78, 5) is 17.4. The number of ether oxygens (including phenoxy) is 2. The fraction of sp³-hybridized carbons (Fsp3) is 0.480. The van der Waals surface area contributed by atoms with Crippen molar-refractivity contribution >= 4 is 17.5 Å². The highest BCUT2D eigenvalue weighted by atomic mass is 35.5. The highest BCUT2D eigenvalue weighted by Gasteiger charge is 2.28. The Balaban J connectivity index is 1.45.